The number of hydrogen-bond donors (Lipinski definition) is 2. The molecule has 0 fully saturated rings. The second-order valence-corrected chi connectivity index (χ2v) is 7.06. The molecule has 0 spiro atoms. The van der Waals surface area contributed by atoms with Crippen LogP contribution in [0.15, 0.2) is 48.5 Å². The number of rotatable bonds is 7. The van der Waals surface area contributed by atoms with Crippen molar-refractivity contribution in [3.8, 4) is 0 Å². The number of carbonyl (C=O) groups excluding carboxylic acids is 1. The van der Waals surface area contributed by atoms with E-state index in [1.807, 2.05) is 0 Å². The molecule has 156 valence electrons. The van der Waals surface area contributed by atoms with E-state index in [9.17, 15) is 18.4 Å². The maximum atomic E-state index is 13.6. The highest BCUT2D eigenvalue weighted by atomic mass is 35.5. The fraction of sp³-hybridized carbons (Fsp3) is 0.190. The van der Waals surface area contributed by atoms with Crippen LogP contribution in [0.1, 0.15) is 49.7 Å². The fourth-order valence-electron chi connectivity index (χ4n) is 3.05. The van der Waals surface area contributed by atoms with Crippen LogP contribution < -0.4 is 5.32 Å². The number of aryl methyl sites for hydroxylation is 1. The lowest BCUT2D eigenvalue weighted by Gasteiger charge is -2.09. The van der Waals surface area contributed by atoms with Crippen molar-refractivity contribution in [2.45, 2.75) is 19.4 Å². The lowest BCUT2D eigenvalue weighted by atomic mass is 10.0. The van der Waals surface area contributed by atoms with Crippen molar-refractivity contribution in [2.75, 3.05) is 0 Å². The van der Waals surface area contributed by atoms with Crippen LogP contribution in [0, 0.1) is 0 Å². The summed E-state index contributed by atoms with van der Waals surface area (Å²) in [7, 11) is 1.37. The summed E-state index contributed by atoms with van der Waals surface area (Å²) in [5.74, 6) is -1.74. The largest absolute Gasteiger partial charge is 0.478 e. The van der Waals surface area contributed by atoms with Crippen molar-refractivity contribution >= 4 is 23.5 Å². The van der Waals surface area contributed by atoms with Gasteiger partial charge in [0.2, 0.25) is 0 Å². The van der Waals surface area contributed by atoms with Crippen LogP contribution in [0.25, 0.3) is 0 Å². The molecule has 0 aliphatic carbocycles. The summed E-state index contributed by atoms with van der Waals surface area (Å²) < 4.78 is 28.3. The standard InChI is InChI=1S/C21H18ClF2N3O3/c1-27-18(19(23)24)17(16(26-27)10-12-4-8-15(22)9-5-12)20(28)25-11-13-2-6-14(7-3-13)21(29)30/h2-9,19H,10-11H2,1H3,(H,25,28)(H,29,30). The van der Waals surface area contributed by atoms with Gasteiger partial charge in [-0.1, -0.05) is 35.9 Å². The average Bonchev–Trinajstić information content (AvgIpc) is 3.04. The van der Waals surface area contributed by atoms with E-state index in [0.717, 1.165) is 10.2 Å². The molecule has 0 unspecified atom stereocenters. The van der Waals surface area contributed by atoms with E-state index >= 15 is 0 Å². The van der Waals surface area contributed by atoms with E-state index in [0.29, 0.717) is 10.6 Å². The summed E-state index contributed by atoms with van der Waals surface area (Å²) in [5.41, 5.74) is 1.13. The maximum absolute atomic E-state index is 13.6. The van der Waals surface area contributed by atoms with Crippen LogP contribution in [0.2, 0.25) is 5.02 Å². The van der Waals surface area contributed by atoms with E-state index in [4.69, 9.17) is 16.7 Å². The topological polar surface area (TPSA) is 84.2 Å². The molecule has 0 atom stereocenters. The number of carbonyl (C=O) groups is 2. The van der Waals surface area contributed by atoms with Gasteiger partial charge in [-0.2, -0.15) is 5.10 Å². The number of alkyl halides is 2. The Bertz CT molecular complexity index is 1060. The third-order valence-electron chi connectivity index (χ3n) is 4.54. The van der Waals surface area contributed by atoms with Crippen molar-refractivity contribution in [1.82, 2.24) is 15.1 Å². The number of nitrogens with zero attached hydrogens (tertiary/aromatic N) is 2. The summed E-state index contributed by atoms with van der Waals surface area (Å²) >= 11 is 5.88. The quantitative estimate of drug-likeness (QED) is 0.584. The van der Waals surface area contributed by atoms with Gasteiger partial charge in [0, 0.05) is 25.0 Å². The molecular formula is C21H18ClF2N3O3. The molecule has 0 aliphatic heterocycles. The Labute approximate surface area is 176 Å². The van der Waals surface area contributed by atoms with E-state index in [1.54, 1.807) is 36.4 Å². The number of halogens is 3. The average molecular weight is 434 g/mol. The lowest BCUT2D eigenvalue weighted by molar-refractivity contribution is 0.0696. The molecule has 1 heterocycles. The monoisotopic (exact) mass is 433 g/mol. The van der Waals surface area contributed by atoms with Gasteiger partial charge in [-0.3, -0.25) is 9.48 Å². The highest BCUT2D eigenvalue weighted by molar-refractivity contribution is 6.30. The van der Waals surface area contributed by atoms with Crippen molar-refractivity contribution in [3.63, 3.8) is 0 Å². The lowest BCUT2D eigenvalue weighted by Crippen LogP contribution is -2.25. The first-order valence-corrected chi connectivity index (χ1v) is 9.33. The van der Waals surface area contributed by atoms with Gasteiger partial charge in [-0.15, -0.1) is 0 Å². The minimum Gasteiger partial charge on any atom is -0.478 e. The van der Waals surface area contributed by atoms with E-state index in [2.05, 4.69) is 10.4 Å². The van der Waals surface area contributed by atoms with Crippen LogP contribution >= 0.6 is 11.6 Å². The molecule has 30 heavy (non-hydrogen) atoms. The number of hydrogen-bond acceptors (Lipinski definition) is 3. The fourth-order valence-corrected chi connectivity index (χ4v) is 3.17. The summed E-state index contributed by atoms with van der Waals surface area (Å²) in [6.07, 6.45) is -2.69. The molecule has 0 radical (unpaired) electrons. The smallest absolute Gasteiger partial charge is 0.335 e. The van der Waals surface area contributed by atoms with E-state index in [1.165, 1.54) is 19.2 Å². The molecule has 3 rings (SSSR count). The Hall–Kier alpha value is -3.26. The Morgan fingerprint density at radius 1 is 1.10 bits per heavy atom. The Kier molecular flexibility index (Phi) is 6.47. The summed E-state index contributed by atoms with van der Waals surface area (Å²) in [4.78, 5) is 23.7. The molecule has 1 amide bonds. The normalized spacial score (nSPS) is 11.0. The zero-order valence-corrected chi connectivity index (χ0v) is 16.7. The summed E-state index contributed by atoms with van der Waals surface area (Å²) in [5, 5.41) is 16.2. The van der Waals surface area contributed by atoms with Gasteiger partial charge >= 0.3 is 5.97 Å². The van der Waals surface area contributed by atoms with Crippen molar-refractivity contribution in [2.24, 2.45) is 7.05 Å². The first-order chi connectivity index (χ1) is 14.3. The second kappa shape index (κ2) is 9.04. The molecule has 0 saturated heterocycles. The molecule has 2 aromatic carbocycles. The van der Waals surface area contributed by atoms with Crippen LogP contribution in [0.3, 0.4) is 0 Å². The zero-order valence-electron chi connectivity index (χ0n) is 15.9. The highest BCUT2D eigenvalue weighted by Crippen LogP contribution is 2.27. The van der Waals surface area contributed by atoms with Crippen LogP contribution in [0.4, 0.5) is 8.78 Å². The minimum absolute atomic E-state index is 0.0523. The predicted octanol–water partition coefficient (Wildman–Crippen LogP) is 4.23. The number of aromatic carboxylic acids is 1. The Balaban J connectivity index is 1.83. The van der Waals surface area contributed by atoms with Gasteiger partial charge < -0.3 is 10.4 Å². The first-order valence-electron chi connectivity index (χ1n) is 8.95. The number of nitrogens with one attached hydrogen (secondary N) is 1. The van der Waals surface area contributed by atoms with Gasteiger partial charge in [-0.25, -0.2) is 13.6 Å². The molecule has 0 saturated carbocycles. The van der Waals surface area contributed by atoms with Crippen molar-refractivity contribution in [1.29, 1.82) is 0 Å². The molecule has 0 aliphatic rings. The molecule has 6 nitrogen and oxygen atoms in total. The number of carboxylic acids is 1. The molecule has 2 N–H and O–H groups in total. The molecule has 3 aromatic rings. The van der Waals surface area contributed by atoms with Crippen LogP contribution in [0.5, 0.6) is 0 Å². The first kappa shape index (κ1) is 21.4. The molecular weight excluding hydrogens is 416 g/mol. The SMILES string of the molecule is Cn1nc(Cc2ccc(Cl)cc2)c(C(=O)NCc2ccc(C(=O)O)cc2)c1C(F)F. The number of carboxylic acid groups (broad SMARTS) is 1. The van der Waals surface area contributed by atoms with Crippen molar-refractivity contribution in [3.05, 3.63) is 87.2 Å². The van der Waals surface area contributed by atoms with Gasteiger partial charge in [0.25, 0.3) is 12.3 Å². The van der Waals surface area contributed by atoms with E-state index in [-0.39, 0.29) is 29.8 Å². The minimum atomic E-state index is -2.88. The molecule has 1 aromatic heterocycles. The molecule has 9 heteroatoms. The number of aromatic nitrogens is 2. The summed E-state index contributed by atoms with van der Waals surface area (Å²) in [6, 6.07) is 12.7. The van der Waals surface area contributed by atoms with Gasteiger partial charge in [0.1, 0.15) is 5.69 Å². The summed E-state index contributed by atoms with van der Waals surface area (Å²) in [6.45, 7) is 0.0523. The third-order valence-corrected chi connectivity index (χ3v) is 4.79. The zero-order chi connectivity index (χ0) is 21.8. The third kappa shape index (κ3) is 4.83. The highest BCUT2D eigenvalue weighted by Gasteiger charge is 2.28. The van der Waals surface area contributed by atoms with E-state index < -0.39 is 24.0 Å². The Morgan fingerprint density at radius 2 is 1.70 bits per heavy atom. The Morgan fingerprint density at radius 3 is 2.27 bits per heavy atom. The molecule has 0 bridgehead atoms. The van der Waals surface area contributed by atoms with Gasteiger partial charge in [-0.05, 0) is 35.4 Å². The number of amides is 1. The van der Waals surface area contributed by atoms with Crippen LogP contribution in [-0.2, 0) is 20.0 Å². The number of benzene rings is 2. The van der Waals surface area contributed by atoms with Gasteiger partial charge in [0.15, 0.2) is 0 Å². The predicted molar refractivity (Wildman–Crippen MR) is 107 cm³/mol. The van der Waals surface area contributed by atoms with Gasteiger partial charge in [0.05, 0.1) is 16.8 Å². The van der Waals surface area contributed by atoms with Crippen molar-refractivity contribution < 1.29 is 23.5 Å². The second-order valence-electron chi connectivity index (χ2n) is 6.62. The van der Waals surface area contributed by atoms with Crippen LogP contribution in [-0.4, -0.2) is 26.8 Å². The maximum Gasteiger partial charge on any atom is 0.335 e.